The van der Waals surface area contributed by atoms with Gasteiger partial charge in [-0.15, -0.1) is 0 Å². The van der Waals surface area contributed by atoms with Gasteiger partial charge in [0, 0.05) is 6.04 Å². The lowest BCUT2D eigenvalue weighted by molar-refractivity contribution is 0.0604. The summed E-state index contributed by atoms with van der Waals surface area (Å²) in [4.78, 5) is 0. The van der Waals surface area contributed by atoms with E-state index < -0.39 is 0 Å². The zero-order valence-electron chi connectivity index (χ0n) is 11.0. The Morgan fingerprint density at radius 1 is 1.33 bits per heavy atom. The summed E-state index contributed by atoms with van der Waals surface area (Å²) in [6, 6.07) is 8.39. The lowest BCUT2D eigenvalue weighted by Crippen LogP contribution is -2.25. The number of ether oxygens (including phenoxy) is 1. The van der Waals surface area contributed by atoms with Crippen LogP contribution in [-0.4, -0.2) is 23.4 Å². The first-order valence-corrected chi connectivity index (χ1v) is 6.84. The Morgan fingerprint density at radius 3 is 2.61 bits per heavy atom. The van der Waals surface area contributed by atoms with Crippen molar-refractivity contribution in [1.82, 2.24) is 0 Å². The summed E-state index contributed by atoms with van der Waals surface area (Å²) in [5.74, 6) is 0.852. The quantitative estimate of drug-likeness (QED) is 0.841. The van der Waals surface area contributed by atoms with Crippen LogP contribution < -0.4 is 10.5 Å². The second-order valence-electron chi connectivity index (χ2n) is 5.31. The van der Waals surface area contributed by atoms with Crippen LogP contribution in [0.25, 0.3) is 0 Å². The van der Waals surface area contributed by atoms with Gasteiger partial charge in [-0.25, -0.2) is 0 Å². The van der Waals surface area contributed by atoms with Crippen molar-refractivity contribution >= 4 is 0 Å². The molecule has 0 aliphatic heterocycles. The number of hydrogen-bond donors (Lipinski definition) is 2. The zero-order chi connectivity index (χ0) is 13.0. The molecule has 1 aliphatic rings. The molecule has 3 nitrogen and oxygen atoms in total. The molecule has 0 spiro atoms. The van der Waals surface area contributed by atoms with Crippen molar-refractivity contribution in [1.29, 1.82) is 0 Å². The summed E-state index contributed by atoms with van der Waals surface area (Å²) >= 11 is 0. The second kappa shape index (κ2) is 6.21. The molecule has 0 amide bonds. The van der Waals surface area contributed by atoms with Gasteiger partial charge >= 0.3 is 0 Å². The number of aliphatic hydroxyl groups is 1. The lowest BCUT2D eigenvalue weighted by Gasteiger charge is -2.17. The van der Waals surface area contributed by atoms with Crippen LogP contribution in [0.3, 0.4) is 0 Å². The summed E-state index contributed by atoms with van der Waals surface area (Å²) in [6.07, 6.45) is 4.54. The van der Waals surface area contributed by atoms with Crippen LogP contribution in [0.15, 0.2) is 24.3 Å². The average Bonchev–Trinajstić information content (AvgIpc) is 2.74. The summed E-state index contributed by atoms with van der Waals surface area (Å²) in [6.45, 7) is 2.03. The summed E-state index contributed by atoms with van der Waals surface area (Å²) < 4.78 is 5.79. The lowest BCUT2D eigenvalue weighted by atomic mass is 10.1. The van der Waals surface area contributed by atoms with Crippen LogP contribution in [-0.2, 0) is 6.42 Å². The monoisotopic (exact) mass is 249 g/mol. The van der Waals surface area contributed by atoms with Crippen LogP contribution >= 0.6 is 0 Å². The molecule has 0 aromatic heterocycles. The molecule has 0 bridgehead atoms. The van der Waals surface area contributed by atoms with Crippen LogP contribution in [0.1, 0.15) is 38.2 Å². The normalized spacial score (nSPS) is 25.1. The third-order valence-corrected chi connectivity index (χ3v) is 3.52. The van der Waals surface area contributed by atoms with E-state index in [1.165, 1.54) is 5.56 Å². The SMILES string of the molecule is CC(N)CCc1ccc(OC2CCCC2O)cc1. The molecule has 1 aliphatic carbocycles. The first-order chi connectivity index (χ1) is 8.65. The first kappa shape index (κ1) is 13.4. The molecular weight excluding hydrogens is 226 g/mol. The highest BCUT2D eigenvalue weighted by Crippen LogP contribution is 2.25. The fraction of sp³-hybridized carbons (Fsp3) is 0.600. The van der Waals surface area contributed by atoms with Crippen molar-refractivity contribution in [3.8, 4) is 5.75 Å². The van der Waals surface area contributed by atoms with E-state index in [2.05, 4.69) is 12.1 Å². The van der Waals surface area contributed by atoms with Crippen molar-refractivity contribution in [2.24, 2.45) is 5.73 Å². The van der Waals surface area contributed by atoms with E-state index in [1.54, 1.807) is 0 Å². The van der Waals surface area contributed by atoms with Crippen molar-refractivity contribution in [2.45, 2.75) is 57.3 Å². The van der Waals surface area contributed by atoms with Crippen molar-refractivity contribution in [3.05, 3.63) is 29.8 Å². The third-order valence-electron chi connectivity index (χ3n) is 3.52. The fourth-order valence-corrected chi connectivity index (χ4v) is 2.35. The van der Waals surface area contributed by atoms with E-state index in [0.29, 0.717) is 0 Å². The molecule has 3 unspecified atom stereocenters. The third kappa shape index (κ3) is 3.72. The maximum absolute atomic E-state index is 9.71. The highest BCUT2D eigenvalue weighted by molar-refractivity contribution is 5.27. The van der Waals surface area contributed by atoms with E-state index >= 15 is 0 Å². The minimum atomic E-state index is -0.303. The maximum atomic E-state index is 9.71. The number of aliphatic hydroxyl groups excluding tert-OH is 1. The molecule has 1 aromatic rings. The Balaban J connectivity index is 1.87. The van der Waals surface area contributed by atoms with Crippen LogP contribution in [0.4, 0.5) is 0 Å². The molecule has 100 valence electrons. The van der Waals surface area contributed by atoms with Gasteiger partial charge in [0.2, 0.25) is 0 Å². The van der Waals surface area contributed by atoms with Gasteiger partial charge in [-0.1, -0.05) is 12.1 Å². The average molecular weight is 249 g/mol. The molecule has 3 atom stereocenters. The van der Waals surface area contributed by atoms with Gasteiger partial charge in [-0.2, -0.15) is 0 Å². The summed E-state index contributed by atoms with van der Waals surface area (Å²) in [5, 5.41) is 9.71. The highest BCUT2D eigenvalue weighted by Gasteiger charge is 2.26. The minimum Gasteiger partial charge on any atom is -0.488 e. The van der Waals surface area contributed by atoms with Crippen LogP contribution in [0.2, 0.25) is 0 Å². The molecule has 1 saturated carbocycles. The smallest absolute Gasteiger partial charge is 0.124 e. The molecule has 0 heterocycles. The van der Waals surface area contributed by atoms with E-state index in [0.717, 1.165) is 37.9 Å². The largest absolute Gasteiger partial charge is 0.488 e. The van der Waals surface area contributed by atoms with E-state index in [-0.39, 0.29) is 18.2 Å². The second-order valence-corrected chi connectivity index (χ2v) is 5.31. The molecular formula is C15H23NO2. The topological polar surface area (TPSA) is 55.5 Å². The number of hydrogen-bond acceptors (Lipinski definition) is 3. The van der Waals surface area contributed by atoms with E-state index in [9.17, 15) is 5.11 Å². The van der Waals surface area contributed by atoms with Crippen LogP contribution in [0, 0.1) is 0 Å². The maximum Gasteiger partial charge on any atom is 0.124 e. The minimum absolute atomic E-state index is 0.0279. The number of benzene rings is 1. The summed E-state index contributed by atoms with van der Waals surface area (Å²) in [7, 11) is 0. The number of nitrogens with two attached hydrogens (primary N) is 1. The van der Waals surface area contributed by atoms with Gasteiger partial charge in [0.15, 0.2) is 0 Å². The molecule has 3 heteroatoms. The van der Waals surface area contributed by atoms with Gasteiger partial charge in [-0.05, 0) is 56.7 Å². The van der Waals surface area contributed by atoms with Gasteiger partial charge in [0.05, 0.1) is 6.10 Å². The molecule has 1 fully saturated rings. The fourth-order valence-electron chi connectivity index (χ4n) is 2.35. The molecule has 0 saturated heterocycles. The van der Waals surface area contributed by atoms with Crippen LogP contribution in [0.5, 0.6) is 5.75 Å². The molecule has 18 heavy (non-hydrogen) atoms. The van der Waals surface area contributed by atoms with Gasteiger partial charge in [0.25, 0.3) is 0 Å². The predicted molar refractivity (Wildman–Crippen MR) is 72.7 cm³/mol. The Morgan fingerprint density at radius 2 is 2.06 bits per heavy atom. The molecule has 2 rings (SSSR count). The number of rotatable bonds is 5. The van der Waals surface area contributed by atoms with Crippen molar-refractivity contribution in [3.63, 3.8) is 0 Å². The van der Waals surface area contributed by atoms with Gasteiger partial charge in [-0.3, -0.25) is 0 Å². The standard InChI is InChI=1S/C15H23NO2/c1-11(16)5-6-12-7-9-13(10-8-12)18-15-4-2-3-14(15)17/h7-11,14-15,17H,2-6,16H2,1H3. The Labute approximate surface area is 109 Å². The van der Waals surface area contributed by atoms with E-state index in [1.807, 2.05) is 19.1 Å². The predicted octanol–water partition coefficient (Wildman–Crippen LogP) is 2.26. The first-order valence-electron chi connectivity index (χ1n) is 6.84. The van der Waals surface area contributed by atoms with E-state index in [4.69, 9.17) is 10.5 Å². The number of aryl methyl sites for hydroxylation is 1. The van der Waals surface area contributed by atoms with Gasteiger partial charge < -0.3 is 15.6 Å². The zero-order valence-corrected chi connectivity index (χ0v) is 11.0. The molecule has 0 radical (unpaired) electrons. The van der Waals surface area contributed by atoms with Crippen molar-refractivity contribution < 1.29 is 9.84 Å². The Kier molecular flexibility index (Phi) is 4.61. The highest BCUT2D eigenvalue weighted by atomic mass is 16.5. The summed E-state index contributed by atoms with van der Waals surface area (Å²) in [5.41, 5.74) is 7.03. The molecule has 3 N–H and O–H groups in total. The Hall–Kier alpha value is -1.06. The van der Waals surface area contributed by atoms with Crippen molar-refractivity contribution in [2.75, 3.05) is 0 Å². The Bertz CT molecular complexity index is 361. The molecule has 1 aromatic carbocycles. The van der Waals surface area contributed by atoms with Gasteiger partial charge in [0.1, 0.15) is 11.9 Å².